The van der Waals surface area contributed by atoms with Crippen LogP contribution in [0.5, 0.6) is 0 Å². The maximum atomic E-state index is 10.5. The van der Waals surface area contributed by atoms with Gasteiger partial charge in [-0.15, -0.1) is 0 Å². The number of carbonyl (C=O) groups is 1. The second-order valence-electron chi connectivity index (χ2n) is 4.89. The number of aliphatic hydroxyl groups excluding tert-OH is 1. The maximum Gasteiger partial charge on any atom is 0.304 e. The Labute approximate surface area is 97.0 Å². The highest BCUT2D eigenvalue weighted by Gasteiger charge is 2.24. The number of aliphatic carboxylic acids is 1. The number of carboxylic acid groups (broad SMARTS) is 1. The lowest BCUT2D eigenvalue weighted by atomic mass is 9.79. The Morgan fingerprint density at radius 1 is 1.38 bits per heavy atom. The topological polar surface area (TPSA) is 69.6 Å². The minimum Gasteiger partial charge on any atom is -0.481 e. The number of hydrogen-bond donors (Lipinski definition) is 3. The van der Waals surface area contributed by atoms with Gasteiger partial charge in [-0.2, -0.15) is 0 Å². The molecular formula is C12H23NO3. The highest BCUT2D eigenvalue weighted by atomic mass is 16.4. The molecule has 0 amide bonds. The van der Waals surface area contributed by atoms with Gasteiger partial charge in [-0.25, -0.2) is 0 Å². The van der Waals surface area contributed by atoms with Crippen molar-refractivity contribution in [2.75, 3.05) is 13.2 Å². The van der Waals surface area contributed by atoms with Crippen molar-refractivity contribution >= 4 is 5.97 Å². The second kappa shape index (κ2) is 6.86. The normalized spacial score (nSPS) is 27.6. The third-order valence-corrected chi connectivity index (χ3v) is 3.51. The molecule has 1 aliphatic rings. The van der Waals surface area contributed by atoms with E-state index in [1.165, 1.54) is 12.8 Å². The van der Waals surface area contributed by atoms with Gasteiger partial charge in [0.1, 0.15) is 0 Å². The van der Waals surface area contributed by atoms with E-state index >= 15 is 0 Å². The van der Waals surface area contributed by atoms with Gasteiger partial charge in [-0.1, -0.05) is 12.8 Å². The summed E-state index contributed by atoms with van der Waals surface area (Å²) in [5, 5.41) is 21.1. The van der Waals surface area contributed by atoms with Crippen molar-refractivity contribution < 1.29 is 15.0 Å². The number of aliphatic hydroxyl groups is 1. The first-order chi connectivity index (χ1) is 7.63. The van der Waals surface area contributed by atoms with Gasteiger partial charge in [0.25, 0.3) is 0 Å². The fraction of sp³-hybridized carbons (Fsp3) is 0.917. The summed E-state index contributed by atoms with van der Waals surface area (Å²) in [6, 6.07) is 0.0127. The summed E-state index contributed by atoms with van der Waals surface area (Å²) in [5.74, 6) is 0.149. The van der Waals surface area contributed by atoms with Crippen LogP contribution < -0.4 is 5.32 Å². The summed E-state index contributed by atoms with van der Waals surface area (Å²) in [6.45, 7) is 2.99. The fourth-order valence-corrected chi connectivity index (χ4v) is 2.48. The van der Waals surface area contributed by atoms with Crippen molar-refractivity contribution in [2.45, 2.75) is 45.1 Å². The molecule has 0 aromatic carbocycles. The first-order valence-electron chi connectivity index (χ1n) is 6.19. The van der Waals surface area contributed by atoms with Crippen molar-refractivity contribution in [3.05, 3.63) is 0 Å². The Hall–Kier alpha value is -0.610. The molecule has 4 heteroatoms. The van der Waals surface area contributed by atoms with Crippen molar-refractivity contribution in [1.82, 2.24) is 5.32 Å². The molecule has 94 valence electrons. The third-order valence-electron chi connectivity index (χ3n) is 3.51. The minimum absolute atomic E-state index is 0.0127. The lowest BCUT2D eigenvalue weighted by Gasteiger charge is -2.31. The van der Waals surface area contributed by atoms with Crippen LogP contribution in [0.1, 0.15) is 39.0 Å². The average molecular weight is 229 g/mol. The Morgan fingerprint density at radius 2 is 2.00 bits per heavy atom. The first-order valence-corrected chi connectivity index (χ1v) is 6.19. The summed E-state index contributed by atoms with van der Waals surface area (Å²) in [6.07, 6.45) is 4.87. The van der Waals surface area contributed by atoms with E-state index in [0.717, 1.165) is 19.4 Å². The quantitative estimate of drug-likeness (QED) is 0.641. The van der Waals surface area contributed by atoms with Gasteiger partial charge in [0.15, 0.2) is 0 Å². The molecule has 0 bridgehead atoms. The van der Waals surface area contributed by atoms with Crippen LogP contribution in [-0.4, -0.2) is 35.4 Å². The minimum atomic E-state index is -0.762. The van der Waals surface area contributed by atoms with Gasteiger partial charge >= 0.3 is 5.97 Å². The van der Waals surface area contributed by atoms with Crippen LogP contribution in [0.4, 0.5) is 0 Å². The molecule has 0 aromatic rings. The molecule has 0 heterocycles. The van der Waals surface area contributed by atoms with Crippen molar-refractivity contribution in [3.63, 3.8) is 0 Å². The van der Waals surface area contributed by atoms with Gasteiger partial charge in [-0.05, 0) is 38.1 Å². The van der Waals surface area contributed by atoms with Crippen LogP contribution in [0.3, 0.4) is 0 Å². The number of nitrogens with one attached hydrogen (secondary N) is 1. The summed E-state index contributed by atoms with van der Waals surface area (Å²) < 4.78 is 0. The van der Waals surface area contributed by atoms with Crippen LogP contribution in [0.2, 0.25) is 0 Å². The number of rotatable bonds is 6. The predicted octanol–water partition coefficient (Wildman–Crippen LogP) is 1.24. The third kappa shape index (κ3) is 4.49. The molecule has 0 radical (unpaired) electrons. The molecule has 1 aliphatic carbocycles. The van der Waals surface area contributed by atoms with Gasteiger partial charge < -0.3 is 15.5 Å². The van der Waals surface area contributed by atoms with Crippen LogP contribution >= 0.6 is 0 Å². The van der Waals surface area contributed by atoms with Crippen molar-refractivity contribution in [1.29, 1.82) is 0 Å². The van der Waals surface area contributed by atoms with Crippen LogP contribution in [0.25, 0.3) is 0 Å². The van der Waals surface area contributed by atoms with E-state index in [1.807, 2.05) is 6.92 Å². The fourth-order valence-electron chi connectivity index (χ4n) is 2.48. The summed E-state index contributed by atoms with van der Waals surface area (Å²) >= 11 is 0. The van der Waals surface area contributed by atoms with Gasteiger partial charge in [0, 0.05) is 12.6 Å². The molecule has 3 unspecified atom stereocenters. The Morgan fingerprint density at radius 3 is 2.56 bits per heavy atom. The van der Waals surface area contributed by atoms with Gasteiger partial charge in [0.05, 0.1) is 6.42 Å². The van der Waals surface area contributed by atoms with E-state index < -0.39 is 5.97 Å². The van der Waals surface area contributed by atoms with E-state index in [0.29, 0.717) is 11.8 Å². The highest BCUT2D eigenvalue weighted by molar-refractivity contribution is 5.67. The summed E-state index contributed by atoms with van der Waals surface area (Å²) in [7, 11) is 0. The van der Waals surface area contributed by atoms with Crippen LogP contribution in [0, 0.1) is 11.8 Å². The molecule has 1 fully saturated rings. The van der Waals surface area contributed by atoms with E-state index in [1.54, 1.807) is 0 Å². The zero-order chi connectivity index (χ0) is 12.0. The zero-order valence-electron chi connectivity index (χ0n) is 9.98. The molecule has 0 aliphatic heterocycles. The molecule has 1 rings (SSSR count). The number of carboxylic acids is 1. The van der Waals surface area contributed by atoms with E-state index in [9.17, 15) is 9.90 Å². The molecule has 16 heavy (non-hydrogen) atoms. The van der Waals surface area contributed by atoms with E-state index in [-0.39, 0.29) is 19.1 Å². The lowest BCUT2D eigenvalue weighted by Crippen LogP contribution is -2.37. The highest BCUT2D eigenvalue weighted by Crippen LogP contribution is 2.29. The predicted molar refractivity (Wildman–Crippen MR) is 62.3 cm³/mol. The number of hydrogen-bond acceptors (Lipinski definition) is 3. The molecule has 0 spiro atoms. The van der Waals surface area contributed by atoms with Crippen molar-refractivity contribution in [2.24, 2.45) is 11.8 Å². The Bertz CT molecular complexity index is 220. The van der Waals surface area contributed by atoms with Crippen LogP contribution in [-0.2, 0) is 4.79 Å². The Balaban J connectivity index is 2.26. The zero-order valence-corrected chi connectivity index (χ0v) is 9.98. The lowest BCUT2D eigenvalue weighted by molar-refractivity contribution is -0.137. The summed E-state index contributed by atoms with van der Waals surface area (Å²) in [4.78, 5) is 10.5. The SMILES string of the molecule is CC(CC(=O)O)NCC1CCCCC1CO. The monoisotopic (exact) mass is 229 g/mol. The van der Waals surface area contributed by atoms with Gasteiger partial charge in [0.2, 0.25) is 0 Å². The standard InChI is InChI=1S/C12H23NO3/c1-9(6-12(15)16)13-7-10-4-2-3-5-11(10)8-14/h9-11,13-14H,2-8H2,1H3,(H,15,16). The Kier molecular flexibility index (Phi) is 5.77. The van der Waals surface area contributed by atoms with Crippen molar-refractivity contribution in [3.8, 4) is 0 Å². The molecule has 0 aromatic heterocycles. The molecule has 3 N–H and O–H groups in total. The van der Waals surface area contributed by atoms with E-state index in [2.05, 4.69) is 5.32 Å². The van der Waals surface area contributed by atoms with Gasteiger partial charge in [-0.3, -0.25) is 4.79 Å². The molecule has 3 atom stereocenters. The van der Waals surface area contributed by atoms with Crippen LogP contribution in [0.15, 0.2) is 0 Å². The maximum absolute atomic E-state index is 10.5. The molecule has 4 nitrogen and oxygen atoms in total. The largest absolute Gasteiger partial charge is 0.481 e. The molecule has 0 saturated heterocycles. The summed E-state index contributed by atoms with van der Waals surface area (Å²) in [5.41, 5.74) is 0. The second-order valence-corrected chi connectivity index (χ2v) is 4.89. The smallest absolute Gasteiger partial charge is 0.304 e. The molecular weight excluding hydrogens is 206 g/mol. The first kappa shape index (κ1) is 13.5. The van der Waals surface area contributed by atoms with E-state index in [4.69, 9.17) is 5.11 Å². The molecule has 1 saturated carbocycles. The average Bonchev–Trinajstić information content (AvgIpc) is 2.26.